The molecule has 0 bridgehead atoms. The Hall–Kier alpha value is -3.45. The maximum Gasteiger partial charge on any atom is 0.338 e. The van der Waals surface area contributed by atoms with Gasteiger partial charge in [0.2, 0.25) is 5.78 Å². The first-order valence-corrected chi connectivity index (χ1v) is 9.17. The van der Waals surface area contributed by atoms with Crippen molar-refractivity contribution in [3.05, 3.63) is 63.2 Å². The van der Waals surface area contributed by atoms with Crippen LogP contribution in [0.3, 0.4) is 0 Å². The monoisotopic (exact) mass is 428 g/mol. The number of carbonyl (C=O) groups is 4. The summed E-state index contributed by atoms with van der Waals surface area (Å²) in [5, 5.41) is -0.417. The van der Waals surface area contributed by atoms with Gasteiger partial charge in [-0.1, -0.05) is 23.7 Å². The number of halogens is 1. The van der Waals surface area contributed by atoms with E-state index in [-0.39, 0.29) is 39.3 Å². The van der Waals surface area contributed by atoms with Crippen LogP contribution in [-0.4, -0.2) is 37.7 Å². The first kappa shape index (κ1) is 21.3. The molecule has 0 aliphatic heterocycles. The van der Waals surface area contributed by atoms with Crippen LogP contribution in [0, 0.1) is 6.92 Å². The fourth-order valence-corrected chi connectivity index (χ4v) is 3.59. The van der Waals surface area contributed by atoms with E-state index in [2.05, 4.69) is 0 Å². The van der Waals surface area contributed by atoms with Crippen LogP contribution in [0.2, 0.25) is 0 Å². The van der Waals surface area contributed by atoms with Crippen LogP contribution < -0.4 is 9.47 Å². The fourth-order valence-electron chi connectivity index (χ4n) is 3.32. The number of benzene rings is 2. The van der Waals surface area contributed by atoms with Gasteiger partial charge in [0, 0.05) is 18.1 Å². The molecule has 0 amide bonds. The zero-order valence-corrected chi connectivity index (χ0v) is 17.4. The van der Waals surface area contributed by atoms with E-state index in [4.69, 9.17) is 25.8 Å². The summed E-state index contributed by atoms with van der Waals surface area (Å²) in [5.74, 6) is -2.58. The van der Waals surface area contributed by atoms with Gasteiger partial charge in [0.05, 0.1) is 30.9 Å². The van der Waals surface area contributed by atoms with Gasteiger partial charge in [-0.3, -0.25) is 14.4 Å². The SMILES string of the molecule is COC(=O)c1cc(C)cc(OC)c1C1=C(Cl)C(=O)c2c(OC(C)=O)cccc2C1=O. The highest BCUT2D eigenvalue weighted by molar-refractivity contribution is 6.57. The zero-order valence-electron chi connectivity index (χ0n) is 16.6. The van der Waals surface area contributed by atoms with E-state index in [0.717, 1.165) is 0 Å². The van der Waals surface area contributed by atoms with E-state index in [1.165, 1.54) is 45.4 Å². The summed E-state index contributed by atoms with van der Waals surface area (Å²) >= 11 is 6.35. The van der Waals surface area contributed by atoms with Crippen molar-refractivity contribution in [2.45, 2.75) is 13.8 Å². The maximum atomic E-state index is 13.4. The van der Waals surface area contributed by atoms with Crippen molar-refractivity contribution in [1.82, 2.24) is 0 Å². The largest absolute Gasteiger partial charge is 0.496 e. The minimum atomic E-state index is -0.719. The molecule has 2 aromatic carbocycles. The molecule has 1 aliphatic carbocycles. The standard InChI is InChI=1S/C22H17ClO7/c1-10-8-13(22(27)29-4)16(15(9-10)28-3)18-19(23)21(26)17-12(20(18)25)6-5-7-14(17)30-11(2)24/h5-9H,1-4H3. The molecule has 1 aliphatic rings. The molecule has 0 aromatic heterocycles. The molecule has 154 valence electrons. The minimum absolute atomic E-state index is 0.00315. The Morgan fingerprint density at radius 3 is 2.27 bits per heavy atom. The van der Waals surface area contributed by atoms with E-state index < -0.39 is 28.5 Å². The molecule has 0 heterocycles. The molecule has 7 nitrogen and oxygen atoms in total. The maximum absolute atomic E-state index is 13.4. The molecular weight excluding hydrogens is 412 g/mol. The molecule has 0 spiro atoms. The normalized spacial score (nSPS) is 13.1. The zero-order chi connectivity index (χ0) is 22.2. The second-order valence-corrected chi connectivity index (χ2v) is 6.88. The molecule has 30 heavy (non-hydrogen) atoms. The number of ether oxygens (including phenoxy) is 3. The molecule has 0 fully saturated rings. The third kappa shape index (κ3) is 3.48. The molecule has 3 rings (SSSR count). The van der Waals surface area contributed by atoms with Crippen molar-refractivity contribution in [3.63, 3.8) is 0 Å². The lowest BCUT2D eigenvalue weighted by Crippen LogP contribution is -2.22. The van der Waals surface area contributed by atoms with Crippen molar-refractivity contribution in [2.24, 2.45) is 0 Å². The van der Waals surface area contributed by atoms with E-state index in [9.17, 15) is 19.2 Å². The Labute approximate surface area is 177 Å². The van der Waals surface area contributed by atoms with Crippen LogP contribution in [-0.2, 0) is 9.53 Å². The summed E-state index contributed by atoms with van der Waals surface area (Å²) < 4.78 is 15.3. The fraction of sp³-hybridized carbons (Fsp3) is 0.182. The lowest BCUT2D eigenvalue weighted by molar-refractivity contribution is -0.131. The Kier molecular flexibility index (Phi) is 5.75. The van der Waals surface area contributed by atoms with Gasteiger partial charge in [-0.05, 0) is 30.7 Å². The van der Waals surface area contributed by atoms with E-state index in [1.54, 1.807) is 13.0 Å². The number of carbonyl (C=O) groups excluding carboxylic acids is 4. The third-order valence-corrected chi connectivity index (χ3v) is 4.88. The topological polar surface area (TPSA) is 96.0 Å². The lowest BCUT2D eigenvalue weighted by Gasteiger charge is -2.22. The molecule has 0 unspecified atom stereocenters. The summed E-state index contributed by atoms with van der Waals surface area (Å²) in [6.45, 7) is 2.92. The van der Waals surface area contributed by atoms with Crippen molar-refractivity contribution in [1.29, 1.82) is 0 Å². The highest BCUT2D eigenvalue weighted by atomic mass is 35.5. The van der Waals surface area contributed by atoms with Crippen LogP contribution in [0.25, 0.3) is 5.57 Å². The molecule has 2 aromatic rings. The Morgan fingerprint density at radius 2 is 1.67 bits per heavy atom. The van der Waals surface area contributed by atoms with Gasteiger partial charge < -0.3 is 14.2 Å². The van der Waals surface area contributed by atoms with E-state index in [1.807, 2.05) is 0 Å². The van der Waals surface area contributed by atoms with Crippen LogP contribution in [0.4, 0.5) is 0 Å². The number of Topliss-reactive ketones (excluding diaryl/α,β-unsaturated/α-hetero) is 2. The predicted octanol–water partition coefficient (Wildman–Crippen LogP) is 3.74. The van der Waals surface area contributed by atoms with Crippen LogP contribution in [0.15, 0.2) is 35.4 Å². The number of ketones is 2. The molecule has 0 saturated heterocycles. The van der Waals surface area contributed by atoms with Gasteiger partial charge in [-0.2, -0.15) is 0 Å². The first-order chi connectivity index (χ1) is 14.2. The van der Waals surface area contributed by atoms with Crippen molar-refractivity contribution in [2.75, 3.05) is 14.2 Å². The highest BCUT2D eigenvalue weighted by Crippen LogP contribution is 2.42. The Balaban J connectivity index is 2.33. The summed E-state index contributed by atoms with van der Waals surface area (Å²) in [7, 11) is 2.57. The number of esters is 2. The van der Waals surface area contributed by atoms with Crippen molar-refractivity contribution >= 4 is 40.7 Å². The number of rotatable bonds is 4. The molecular formula is C22H17ClO7. The van der Waals surface area contributed by atoms with Crippen molar-refractivity contribution < 1.29 is 33.4 Å². The smallest absolute Gasteiger partial charge is 0.338 e. The van der Waals surface area contributed by atoms with Gasteiger partial charge >= 0.3 is 11.9 Å². The van der Waals surface area contributed by atoms with Gasteiger partial charge in [0.15, 0.2) is 5.78 Å². The van der Waals surface area contributed by atoms with E-state index in [0.29, 0.717) is 5.56 Å². The molecule has 8 heteroatoms. The Bertz CT molecular complexity index is 1140. The van der Waals surface area contributed by atoms with Crippen LogP contribution in [0.5, 0.6) is 11.5 Å². The summed E-state index contributed by atoms with van der Waals surface area (Å²) in [6.07, 6.45) is 0. The molecule has 0 radical (unpaired) electrons. The second-order valence-electron chi connectivity index (χ2n) is 6.50. The van der Waals surface area contributed by atoms with Gasteiger partial charge in [-0.15, -0.1) is 0 Å². The van der Waals surface area contributed by atoms with Crippen molar-refractivity contribution in [3.8, 4) is 11.5 Å². The highest BCUT2D eigenvalue weighted by Gasteiger charge is 2.38. The summed E-state index contributed by atoms with van der Waals surface area (Å²) in [5.41, 5.74) is 0.463. The predicted molar refractivity (Wildman–Crippen MR) is 108 cm³/mol. The number of fused-ring (bicyclic) bond motifs is 1. The van der Waals surface area contributed by atoms with Crippen LogP contribution >= 0.6 is 11.6 Å². The number of allylic oxidation sites excluding steroid dienone is 2. The summed E-state index contributed by atoms with van der Waals surface area (Å²) in [4.78, 5) is 50.3. The quantitative estimate of drug-likeness (QED) is 0.540. The second kappa shape index (κ2) is 8.12. The Morgan fingerprint density at radius 1 is 0.967 bits per heavy atom. The summed E-state index contributed by atoms with van der Waals surface area (Å²) in [6, 6.07) is 7.43. The molecule has 0 N–H and O–H groups in total. The molecule has 0 atom stereocenters. The average molecular weight is 429 g/mol. The minimum Gasteiger partial charge on any atom is -0.496 e. The van der Waals surface area contributed by atoms with Gasteiger partial charge in [0.1, 0.15) is 16.5 Å². The van der Waals surface area contributed by atoms with Gasteiger partial charge in [0.25, 0.3) is 0 Å². The number of methoxy groups -OCH3 is 2. The third-order valence-electron chi connectivity index (χ3n) is 4.52. The number of aryl methyl sites for hydroxylation is 1. The average Bonchev–Trinajstić information content (AvgIpc) is 2.71. The molecule has 0 saturated carbocycles. The number of hydrogen-bond donors (Lipinski definition) is 0. The van der Waals surface area contributed by atoms with Crippen LogP contribution in [0.1, 0.15) is 49.1 Å². The van der Waals surface area contributed by atoms with E-state index >= 15 is 0 Å². The first-order valence-electron chi connectivity index (χ1n) is 8.79. The number of hydrogen-bond acceptors (Lipinski definition) is 7. The lowest BCUT2D eigenvalue weighted by atomic mass is 9.83. The van der Waals surface area contributed by atoms with Gasteiger partial charge in [-0.25, -0.2) is 4.79 Å².